The summed E-state index contributed by atoms with van der Waals surface area (Å²) in [5.41, 5.74) is 6.92. The maximum atomic E-state index is 14.9. The molecule has 5 heteroatoms. The van der Waals surface area contributed by atoms with E-state index in [-0.39, 0.29) is 42.6 Å². The summed E-state index contributed by atoms with van der Waals surface area (Å²) >= 11 is 0. The van der Waals surface area contributed by atoms with Crippen molar-refractivity contribution in [1.29, 1.82) is 0 Å². The third-order valence-corrected chi connectivity index (χ3v) is 3.42. The second-order valence-electron chi connectivity index (χ2n) is 5.30. The molecule has 0 spiro atoms. The van der Waals surface area contributed by atoms with Crippen LogP contribution in [0.4, 0.5) is 8.78 Å². The van der Waals surface area contributed by atoms with Gasteiger partial charge in [-0.05, 0) is 35.4 Å². The summed E-state index contributed by atoms with van der Waals surface area (Å²) in [5.74, 6) is -0.515. The third kappa shape index (κ3) is 5.21. The fourth-order valence-corrected chi connectivity index (χ4v) is 2.22. The highest BCUT2D eigenvalue weighted by atomic mass is 19.1. The molecule has 0 fully saturated rings. The van der Waals surface area contributed by atoms with Crippen molar-refractivity contribution in [3.05, 3.63) is 95.9 Å². The van der Waals surface area contributed by atoms with Crippen LogP contribution in [0.25, 0.3) is 0 Å². The van der Waals surface area contributed by atoms with E-state index in [1.165, 1.54) is 31.4 Å². The van der Waals surface area contributed by atoms with Crippen molar-refractivity contribution in [3.63, 3.8) is 0 Å². The van der Waals surface area contributed by atoms with Gasteiger partial charge in [-0.2, -0.15) is 0 Å². The molecule has 2 rings (SSSR count). The molecule has 26 heavy (non-hydrogen) atoms. The first-order chi connectivity index (χ1) is 11.9. The Morgan fingerprint density at radius 1 is 1.15 bits per heavy atom. The molecule has 0 aliphatic carbocycles. The number of benzene rings is 2. The minimum Gasteiger partial charge on any atom is -0.493 e. The quantitative estimate of drug-likeness (QED) is 0.551. The van der Waals surface area contributed by atoms with Crippen molar-refractivity contribution in [2.24, 2.45) is 5.73 Å². The van der Waals surface area contributed by atoms with Gasteiger partial charge < -0.3 is 15.2 Å². The summed E-state index contributed by atoms with van der Waals surface area (Å²) in [6.45, 7) is 7.15. The van der Waals surface area contributed by atoms with Crippen LogP contribution in [-0.4, -0.2) is 7.11 Å². The number of halogens is 2. The summed E-state index contributed by atoms with van der Waals surface area (Å²) in [4.78, 5) is 0. The van der Waals surface area contributed by atoms with Crippen LogP contribution >= 0.6 is 0 Å². The largest absolute Gasteiger partial charge is 0.493 e. The van der Waals surface area contributed by atoms with Gasteiger partial charge >= 0.3 is 0 Å². The van der Waals surface area contributed by atoms with Crippen molar-refractivity contribution >= 4 is 0 Å². The van der Waals surface area contributed by atoms with Gasteiger partial charge in [0.2, 0.25) is 5.75 Å². The zero-order valence-corrected chi connectivity index (χ0v) is 13.9. The molecule has 0 aliphatic heterocycles. The van der Waals surface area contributed by atoms with Gasteiger partial charge in [0.15, 0.2) is 11.6 Å². The SMILES string of the molecule is C.C=C/C(=C\C(=C)N)Oc1c(OC)ccc(Cc2ccc(F)cc2)c1F. The number of ether oxygens (including phenoxy) is 2. The molecule has 0 bridgehead atoms. The van der Waals surface area contributed by atoms with Gasteiger partial charge in [0, 0.05) is 18.2 Å². The van der Waals surface area contributed by atoms with E-state index in [4.69, 9.17) is 15.2 Å². The smallest absolute Gasteiger partial charge is 0.205 e. The lowest BCUT2D eigenvalue weighted by atomic mass is 10.0. The van der Waals surface area contributed by atoms with Crippen LogP contribution < -0.4 is 15.2 Å². The highest BCUT2D eigenvalue weighted by molar-refractivity contribution is 5.47. The zero-order valence-electron chi connectivity index (χ0n) is 13.9. The Balaban J connectivity index is 0.00000338. The van der Waals surface area contributed by atoms with Crippen LogP contribution in [0.15, 0.2) is 73.2 Å². The van der Waals surface area contributed by atoms with Crippen molar-refractivity contribution in [3.8, 4) is 11.5 Å². The molecular formula is C21H23F2NO2. The molecule has 2 aromatic rings. The second kappa shape index (κ2) is 9.42. The van der Waals surface area contributed by atoms with E-state index in [0.717, 1.165) is 5.56 Å². The molecule has 0 aliphatic rings. The highest BCUT2D eigenvalue weighted by Gasteiger charge is 2.17. The number of nitrogens with two attached hydrogens (primary N) is 1. The molecular weight excluding hydrogens is 336 g/mol. The summed E-state index contributed by atoms with van der Waals surface area (Å²) < 4.78 is 38.7. The third-order valence-electron chi connectivity index (χ3n) is 3.42. The van der Waals surface area contributed by atoms with Gasteiger partial charge in [0.25, 0.3) is 0 Å². The van der Waals surface area contributed by atoms with Crippen molar-refractivity contribution in [2.75, 3.05) is 7.11 Å². The van der Waals surface area contributed by atoms with E-state index < -0.39 is 5.82 Å². The average molecular weight is 359 g/mol. The minimum absolute atomic E-state index is 0. The van der Waals surface area contributed by atoms with Gasteiger partial charge in [-0.1, -0.05) is 38.8 Å². The predicted octanol–water partition coefficient (Wildman–Crippen LogP) is 5.12. The molecule has 0 aromatic heterocycles. The van der Waals surface area contributed by atoms with Gasteiger partial charge in [-0.25, -0.2) is 8.78 Å². The summed E-state index contributed by atoms with van der Waals surface area (Å²) in [6.07, 6.45) is 3.10. The number of allylic oxidation sites excluding steroid dienone is 2. The first kappa shape index (κ1) is 21.0. The Hall–Kier alpha value is -3.08. The lowest BCUT2D eigenvalue weighted by Gasteiger charge is -2.14. The number of rotatable bonds is 7. The molecule has 0 amide bonds. The lowest BCUT2D eigenvalue weighted by Crippen LogP contribution is -2.03. The molecule has 0 saturated heterocycles. The Kier molecular flexibility index (Phi) is 7.59. The molecule has 2 N–H and O–H groups in total. The van der Waals surface area contributed by atoms with Crippen LogP contribution in [0.5, 0.6) is 11.5 Å². The predicted molar refractivity (Wildman–Crippen MR) is 101 cm³/mol. The maximum Gasteiger partial charge on any atom is 0.205 e. The van der Waals surface area contributed by atoms with Crippen molar-refractivity contribution in [1.82, 2.24) is 0 Å². The first-order valence-electron chi connectivity index (χ1n) is 7.50. The standard InChI is InChI=1S/C20H19F2NO2.CH4/c1-4-17(11-13(2)23)25-20-18(24-3)10-7-15(19(20)22)12-14-5-8-16(21)9-6-14;/h4-11H,1-2,12,23H2,3H3;1H4/b17-11+;. The van der Waals surface area contributed by atoms with Gasteiger partial charge in [0.05, 0.1) is 7.11 Å². The Labute approximate surface area is 153 Å². The van der Waals surface area contributed by atoms with Gasteiger partial charge in [-0.15, -0.1) is 0 Å². The lowest BCUT2D eigenvalue weighted by molar-refractivity contribution is 0.350. The second-order valence-corrected chi connectivity index (χ2v) is 5.30. The zero-order chi connectivity index (χ0) is 18.4. The Morgan fingerprint density at radius 2 is 1.81 bits per heavy atom. The van der Waals surface area contributed by atoms with Gasteiger partial charge in [-0.3, -0.25) is 0 Å². The highest BCUT2D eigenvalue weighted by Crippen LogP contribution is 2.34. The molecule has 3 nitrogen and oxygen atoms in total. The monoisotopic (exact) mass is 359 g/mol. The number of methoxy groups -OCH3 is 1. The van der Waals surface area contributed by atoms with E-state index >= 15 is 0 Å². The van der Waals surface area contributed by atoms with Gasteiger partial charge in [0.1, 0.15) is 11.6 Å². The van der Waals surface area contributed by atoms with E-state index in [9.17, 15) is 8.78 Å². The van der Waals surface area contributed by atoms with Crippen molar-refractivity contribution < 1.29 is 18.3 Å². The van der Waals surface area contributed by atoms with E-state index in [2.05, 4.69) is 13.2 Å². The fourth-order valence-electron chi connectivity index (χ4n) is 2.22. The van der Waals surface area contributed by atoms with Crippen LogP contribution in [0.2, 0.25) is 0 Å². The van der Waals surface area contributed by atoms with Crippen LogP contribution in [0, 0.1) is 11.6 Å². The van der Waals surface area contributed by atoms with E-state index in [1.807, 2.05) is 0 Å². The Morgan fingerprint density at radius 3 is 2.35 bits per heavy atom. The van der Waals surface area contributed by atoms with E-state index in [0.29, 0.717) is 5.56 Å². The first-order valence-corrected chi connectivity index (χ1v) is 7.50. The molecule has 0 heterocycles. The molecule has 0 radical (unpaired) electrons. The number of hydrogen-bond acceptors (Lipinski definition) is 3. The molecule has 2 aromatic carbocycles. The number of hydrogen-bond donors (Lipinski definition) is 1. The maximum absolute atomic E-state index is 14.9. The molecule has 0 saturated carbocycles. The normalized spacial score (nSPS) is 10.7. The average Bonchev–Trinajstić information content (AvgIpc) is 2.59. The van der Waals surface area contributed by atoms with Crippen LogP contribution in [-0.2, 0) is 6.42 Å². The summed E-state index contributed by atoms with van der Waals surface area (Å²) in [6, 6.07) is 9.08. The fraction of sp³-hybridized carbons (Fsp3) is 0.143. The van der Waals surface area contributed by atoms with Crippen LogP contribution in [0.3, 0.4) is 0 Å². The van der Waals surface area contributed by atoms with E-state index in [1.54, 1.807) is 24.3 Å². The Bertz CT molecular complexity index is 812. The van der Waals surface area contributed by atoms with Crippen LogP contribution in [0.1, 0.15) is 18.6 Å². The molecule has 138 valence electrons. The topological polar surface area (TPSA) is 44.5 Å². The molecule has 0 unspecified atom stereocenters. The summed E-state index contributed by atoms with van der Waals surface area (Å²) in [7, 11) is 1.42. The summed E-state index contributed by atoms with van der Waals surface area (Å²) in [5, 5.41) is 0. The van der Waals surface area contributed by atoms with Crippen molar-refractivity contribution in [2.45, 2.75) is 13.8 Å². The minimum atomic E-state index is -0.570. The molecule has 0 atom stereocenters.